The average Bonchev–Trinajstić information content (AvgIpc) is 2.14. The van der Waals surface area contributed by atoms with E-state index in [-0.39, 0.29) is 12.2 Å². The first-order valence-electron chi connectivity index (χ1n) is 4.19. The Morgan fingerprint density at radius 2 is 2.27 bits per heavy atom. The molecule has 1 saturated heterocycles. The highest BCUT2D eigenvalue weighted by atomic mass is 16.6. The average molecular weight is 157 g/mol. The maximum absolute atomic E-state index is 10.6. The Balaban J connectivity index is 2.25. The number of hydrogen-bond donors (Lipinski definition) is 1. The first-order chi connectivity index (χ1) is 5.29. The molecule has 3 nitrogen and oxygen atoms in total. The fourth-order valence-electron chi connectivity index (χ4n) is 1.30. The third kappa shape index (κ3) is 3.37. The Bertz CT molecular complexity index is 128. The van der Waals surface area contributed by atoms with Crippen molar-refractivity contribution in [1.82, 2.24) is 5.32 Å². The van der Waals surface area contributed by atoms with Crippen LogP contribution in [-0.2, 0) is 9.53 Å². The van der Waals surface area contributed by atoms with Gasteiger partial charge in [-0.05, 0) is 25.8 Å². The SMILES string of the molecule is CC(=O)OC1CCCCCN1. The highest BCUT2D eigenvalue weighted by Gasteiger charge is 2.12. The molecular formula is C8H15NO2. The van der Waals surface area contributed by atoms with Gasteiger partial charge < -0.3 is 4.74 Å². The quantitative estimate of drug-likeness (QED) is 0.578. The molecule has 0 bridgehead atoms. The van der Waals surface area contributed by atoms with Gasteiger partial charge in [-0.1, -0.05) is 6.42 Å². The van der Waals surface area contributed by atoms with Crippen molar-refractivity contribution in [2.75, 3.05) is 6.54 Å². The van der Waals surface area contributed by atoms with E-state index in [1.54, 1.807) is 0 Å². The molecule has 1 fully saturated rings. The summed E-state index contributed by atoms with van der Waals surface area (Å²) < 4.78 is 5.02. The van der Waals surface area contributed by atoms with E-state index in [1.807, 2.05) is 0 Å². The second-order valence-corrected chi connectivity index (χ2v) is 2.90. The van der Waals surface area contributed by atoms with Crippen LogP contribution in [0.3, 0.4) is 0 Å². The lowest BCUT2D eigenvalue weighted by atomic mass is 10.2. The number of hydrogen-bond acceptors (Lipinski definition) is 3. The Labute approximate surface area is 67.1 Å². The first kappa shape index (κ1) is 8.53. The lowest BCUT2D eigenvalue weighted by molar-refractivity contribution is -0.148. The second-order valence-electron chi connectivity index (χ2n) is 2.90. The van der Waals surface area contributed by atoms with Crippen LogP contribution < -0.4 is 5.32 Å². The van der Waals surface area contributed by atoms with E-state index >= 15 is 0 Å². The van der Waals surface area contributed by atoms with Gasteiger partial charge in [0, 0.05) is 6.92 Å². The Hall–Kier alpha value is -0.570. The largest absolute Gasteiger partial charge is 0.447 e. The highest BCUT2D eigenvalue weighted by Crippen LogP contribution is 2.08. The molecule has 0 saturated carbocycles. The van der Waals surface area contributed by atoms with Crippen molar-refractivity contribution in [3.63, 3.8) is 0 Å². The predicted molar refractivity (Wildman–Crippen MR) is 42.0 cm³/mol. The van der Waals surface area contributed by atoms with Gasteiger partial charge in [-0.2, -0.15) is 0 Å². The lowest BCUT2D eigenvalue weighted by Gasteiger charge is -2.14. The van der Waals surface area contributed by atoms with E-state index in [0.29, 0.717) is 0 Å². The summed E-state index contributed by atoms with van der Waals surface area (Å²) in [4.78, 5) is 10.6. The molecule has 1 atom stereocenters. The van der Waals surface area contributed by atoms with E-state index in [2.05, 4.69) is 5.32 Å². The summed E-state index contributed by atoms with van der Waals surface area (Å²) in [5.41, 5.74) is 0. The lowest BCUT2D eigenvalue weighted by Crippen LogP contribution is -2.32. The van der Waals surface area contributed by atoms with Crippen LogP contribution in [0.5, 0.6) is 0 Å². The Morgan fingerprint density at radius 1 is 1.45 bits per heavy atom. The molecule has 64 valence electrons. The maximum Gasteiger partial charge on any atom is 0.304 e. The summed E-state index contributed by atoms with van der Waals surface area (Å²) in [7, 11) is 0. The van der Waals surface area contributed by atoms with Crippen molar-refractivity contribution in [2.24, 2.45) is 0 Å². The van der Waals surface area contributed by atoms with Gasteiger partial charge in [0.1, 0.15) is 0 Å². The van der Waals surface area contributed by atoms with E-state index in [1.165, 1.54) is 19.8 Å². The number of carbonyl (C=O) groups is 1. The molecule has 1 aliphatic rings. The molecule has 0 aromatic carbocycles. The van der Waals surface area contributed by atoms with Crippen molar-refractivity contribution >= 4 is 5.97 Å². The zero-order valence-electron chi connectivity index (χ0n) is 6.93. The summed E-state index contributed by atoms with van der Waals surface area (Å²) in [6.45, 7) is 2.42. The molecule has 0 aromatic rings. The van der Waals surface area contributed by atoms with Gasteiger partial charge in [0.2, 0.25) is 0 Å². The van der Waals surface area contributed by atoms with E-state index < -0.39 is 0 Å². The standard InChI is InChI=1S/C8H15NO2/c1-7(10)11-8-5-3-2-4-6-9-8/h8-9H,2-6H2,1H3. The topological polar surface area (TPSA) is 38.3 Å². The molecule has 0 radical (unpaired) electrons. The van der Waals surface area contributed by atoms with Crippen LogP contribution in [0.1, 0.15) is 32.6 Å². The van der Waals surface area contributed by atoms with E-state index in [9.17, 15) is 4.79 Å². The number of carbonyl (C=O) groups excluding carboxylic acids is 1. The summed E-state index contributed by atoms with van der Waals surface area (Å²) in [5, 5.41) is 3.17. The van der Waals surface area contributed by atoms with Crippen molar-refractivity contribution in [3.8, 4) is 0 Å². The molecule has 1 heterocycles. The molecule has 0 amide bonds. The van der Waals surface area contributed by atoms with Gasteiger partial charge in [-0.25, -0.2) is 0 Å². The predicted octanol–water partition coefficient (Wildman–Crippen LogP) is 1.04. The zero-order valence-corrected chi connectivity index (χ0v) is 6.93. The third-order valence-corrected chi connectivity index (χ3v) is 1.82. The van der Waals surface area contributed by atoms with Gasteiger partial charge in [-0.3, -0.25) is 10.1 Å². The maximum atomic E-state index is 10.6. The smallest absolute Gasteiger partial charge is 0.304 e. The minimum Gasteiger partial charge on any atom is -0.447 e. The first-order valence-corrected chi connectivity index (χ1v) is 4.19. The summed E-state index contributed by atoms with van der Waals surface area (Å²) in [5.74, 6) is -0.190. The summed E-state index contributed by atoms with van der Waals surface area (Å²) in [6, 6.07) is 0. The van der Waals surface area contributed by atoms with Crippen LogP contribution in [0.4, 0.5) is 0 Å². The molecule has 0 aliphatic carbocycles. The van der Waals surface area contributed by atoms with Gasteiger partial charge in [0.15, 0.2) is 6.23 Å². The molecule has 1 N–H and O–H groups in total. The Kier molecular flexibility index (Phi) is 3.36. The van der Waals surface area contributed by atoms with Crippen LogP contribution in [0.25, 0.3) is 0 Å². The van der Waals surface area contributed by atoms with Crippen LogP contribution in [-0.4, -0.2) is 18.7 Å². The number of rotatable bonds is 1. The van der Waals surface area contributed by atoms with Gasteiger partial charge in [-0.15, -0.1) is 0 Å². The third-order valence-electron chi connectivity index (χ3n) is 1.82. The second kappa shape index (κ2) is 4.34. The molecule has 11 heavy (non-hydrogen) atoms. The molecule has 1 unspecified atom stereocenters. The normalized spacial score (nSPS) is 25.7. The van der Waals surface area contributed by atoms with Crippen LogP contribution in [0, 0.1) is 0 Å². The van der Waals surface area contributed by atoms with Gasteiger partial charge >= 0.3 is 5.97 Å². The van der Waals surface area contributed by atoms with E-state index in [4.69, 9.17) is 4.74 Å². The van der Waals surface area contributed by atoms with Crippen molar-refractivity contribution in [1.29, 1.82) is 0 Å². The van der Waals surface area contributed by atoms with Crippen LogP contribution in [0.15, 0.2) is 0 Å². The molecule has 1 aliphatic heterocycles. The fourth-order valence-corrected chi connectivity index (χ4v) is 1.30. The van der Waals surface area contributed by atoms with Crippen molar-refractivity contribution < 1.29 is 9.53 Å². The molecule has 0 spiro atoms. The molecule has 3 heteroatoms. The highest BCUT2D eigenvalue weighted by molar-refractivity contribution is 5.66. The minimum atomic E-state index is -0.190. The van der Waals surface area contributed by atoms with Gasteiger partial charge in [0.05, 0.1) is 0 Å². The molecule has 0 aromatic heterocycles. The van der Waals surface area contributed by atoms with Crippen LogP contribution in [0.2, 0.25) is 0 Å². The monoisotopic (exact) mass is 157 g/mol. The fraction of sp³-hybridized carbons (Fsp3) is 0.875. The summed E-state index contributed by atoms with van der Waals surface area (Å²) in [6.07, 6.45) is 4.52. The minimum absolute atomic E-state index is 0.0324. The number of ether oxygens (including phenoxy) is 1. The van der Waals surface area contributed by atoms with Crippen LogP contribution >= 0.6 is 0 Å². The number of nitrogens with one attached hydrogen (secondary N) is 1. The van der Waals surface area contributed by atoms with Crippen molar-refractivity contribution in [3.05, 3.63) is 0 Å². The van der Waals surface area contributed by atoms with E-state index in [0.717, 1.165) is 19.4 Å². The van der Waals surface area contributed by atoms with Gasteiger partial charge in [0.25, 0.3) is 0 Å². The molecule has 1 rings (SSSR count). The summed E-state index contributed by atoms with van der Waals surface area (Å²) >= 11 is 0. The molecular weight excluding hydrogens is 142 g/mol. The van der Waals surface area contributed by atoms with Crippen molar-refractivity contribution in [2.45, 2.75) is 38.8 Å². The Morgan fingerprint density at radius 3 is 3.00 bits per heavy atom. The number of esters is 1. The zero-order chi connectivity index (χ0) is 8.10.